The highest BCUT2D eigenvalue weighted by Crippen LogP contribution is 2.16. The van der Waals surface area contributed by atoms with Crippen LogP contribution in [0, 0.1) is 13.8 Å². The van der Waals surface area contributed by atoms with Crippen molar-refractivity contribution in [3.05, 3.63) is 29.3 Å². The summed E-state index contributed by atoms with van der Waals surface area (Å²) >= 11 is 0. The van der Waals surface area contributed by atoms with Crippen molar-refractivity contribution in [2.24, 2.45) is 0 Å². The summed E-state index contributed by atoms with van der Waals surface area (Å²) in [6.07, 6.45) is 3.11. The van der Waals surface area contributed by atoms with Crippen LogP contribution in [0.2, 0.25) is 0 Å². The first-order chi connectivity index (χ1) is 10.3. The van der Waals surface area contributed by atoms with Crippen LogP contribution in [0.15, 0.2) is 23.1 Å². The smallest absolute Gasteiger partial charge is 0.241 e. The highest BCUT2D eigenvalue weighted by molar-refractivity contribution is 7.89. The summed E-state index contributed by atoms with van der Waals surface area (Å²) in [6, 6.07) is 4.24. The minimum absolute atomic E-state index is 0.146. The number of aryl methyl sites for hydroxylation is 2. The Morgan fingerprint density at radius 3 is 2.36 bits per heavy atom. The van der Waals surface area contributed by atoms with Gasteiger partial charge in [0.05, 0.1) is 10.9 Å². The Morgan fingerprint density at radius 1 is 1.14 bits per heavy atom. The van der Waals surface area contributed by atoms with E-state index in [2.05, 4.69) is 4.72 Å². The highest BCUT2D eigenvalue weighted by atomic mass is 32.2. The minimum Gasteiger partial charge on any atom is -0.341 e. The van der Waals surface area contributed by atoms with Gasteiger partial charge in [-0.1, -0.05) is 6.07 Å². The molecule has 0 unspecified atom stereocenters. The average Bonchev–Trinajstić information content (AvgIpc) is 2.49. The standard InChI is InChI=1S/C16H24N2O3S/c1-12-7-8-15(11-13(12)2)22(20,21)17-14(3)16(19)18-9-5-4-6-10-18/h7-8,11,14,17H,4-6,9-10H2,1-3H3/t14-/m1/s1. The molecule has 2 rings (SSSR count). The third kappa shape index (κ3) is 3.87. The van der Waals surface area contributed by atoms with E-state index in [0.29, 0.717) is 13.1 Å². The molecule has 5 nitrogen and oxygen atoms in total. The van der Waals surface area contributed by atoms with Gasteiger partial charge in [-0.15, -0.1) is 0 Å². The molecule has 1 heterocycles. The molecule has 22 heavy (non-hydrogen) atoms. The summed E-state index contributed by atoms with van der Waals surface area (Å²) in [5.41, 5.74) is 1.95. The van der Waals surface area contributed by atoms with E-state index in [1.54, 1.807) is 30.0 Å². The Hall–Kier alpha value is -1.40. The maximum atomic E-state index is 12.4. The SMILES string of the molecule is Cc1ccc(S(=O)(=O)N[C@H](C)C(=O)N2CCCCC2)cc1C. The zero-order chi connectivity index (χ0) is 16.3. The first-order valence-corrected chi connectivity index (χ1v) is 9.18. The Bertz CT molecular complexity index is 649. The van der Waals surface area contributed by atoms with E-state index in [1.165, 1.54) is 0 Å². The fourth-order valence-corrected chi connectivity index (χ4v) is 3.90. The van der Waals surface area contributed by atoms with Crippen LogP contribution in [0.25, 0.3) is 0 Å². The van der Waals surface area contributed by atoms with Crippen LogP contribution in [-0.4, -0.2) is 38.4 Å². The molecule has 1 atom stereocenters. The van der Waals surface area contributed by atoms with Gasteiger partial charge in [0.2, 0.25) is 15.9 Å². The second kappa shape index (κ2) is 6.79. The number of nitrogens with zero attached hydrogens (tertiary/aromatic N) is 1. The molecular formula is C16H24N2O3S. The third-order valence-corrected chi connectivity index (χ3v) is 5.70. The number of carbonyl (C=O) groups excluding carboxylic acids is 1. The van der Waals surface area contributed by atoms with Crippen LogP contribution in [0.4, 0.5) is 0 Å². The monoisotopic (exact) mass is 324 g/mol. The normalized spacial score (nSPS) is 17.3. The van der Waals surface area contributed by atoms with Crippen LogP contribution in [0.5, 0.6) is 0 Å². The third-order valence-electron chi connectivity index (χ3n) is 4.16. The van der Waals surface area contributed by atoms with Crippen molar-refractivity contribution in [3.8, 4) is 0 Å². The van der Waals surface area contributed by atoms with Crippen molar-refractivity contribution in [2.75, 3.05) is 13.1 Å². The highest BCUT2D eigenvalue weighted by Gasteiger charge is 2.26. The van der Waals surface area contributed by atoms with E-state index < -0.39 is 16.1 Å². The molecule has 0 spiro atoms. The van der Waals surface area contributed by atoms with E-state index in [4.69, 9.17) is 0 Å². The second-order valence-corrected chi connectivity index (χ2v) is 7.69. The lowest BCUT2D eigenvalue weighted by Crippen LogP contribution is -2.48. The number of amides is 1. The van der Waals surface area contributed by atoms with Gasteiger partial charge in [0.15, 0.2) is 0 Å². The topological polar surface area (TPSA) is 66.5 Å². The molecule has 1 saturated heterocycles. The van der Waals surface area contributed by atoms with Crippen molar-refractivity contribution >= 4 is 15.9 Å². The minimum atomic E-state index is -3.68. The molecule has 1 amide bonds. The largest absolute Gasteiger partial charge is 0.341 e. The first-order valence-electron chi connectivity index (χ1n) is 7.69. The number of likely N-dealkylation sites (tertiary alicyclic amines) is 1. The number of carbonyl (C=O) groups is 1. The lowest BCUT2D eigenvalue weighted by molar-refractivity contribution is -0.133. The molecule has 6 heteroatoms. The van der Waals surface area contributed by atoms with Gasteiger partial charge in [-0.3, -0.25) is 4.79 Å². The van der Waals surface area contributed by atoms with Crippen LogP contribution in [0.3, 0.4) is 0 Å². The summed E-state index contributed by atoms with van der Waals surface area (Å²) < 4.78 is 27.3. The second-order valence-electron chi connectivity index (χ2n) is 5.97. The van der Waals surface area contributed by atoms with Gasteiger partial charge < -0.3 is 4.90 Å². The van der Waals surface area contributed by atoms with E-state index in [1.807, 2.05) is 13.8 Å². The molecule has 0 bridgehead atoms. The Morgan fingerprint density at radius 2 is 1.77 bits per heavy atom. The van der Waals surface area contributed by atoms with E-state index in [-0.39, 0.29) is 10.8 Å². The van der Waals surface area contributed by atoms with Gasteiger partial charge in [0.1, 0.15) is 0 Å². The van der Waals surface area contributed by atoms with E-state index in [0.717, 1.165) is 30.4 Å². The van der Waals surface area contributed by atoms with Crippen LogP contribution < -0.4 is 4.72 Å². The van der Waals surface area contributed by atoms with Crippen molar-refractivity contribution in [1.29, 1.82) is 0 Å². The molecule has 1 aromatic rings. The van der Waals surface area contributed by atoms with Gasteiger partial charge >= 0.3 is 0 Å². The van der Waals surface area contributed by atoms with Gasteiger partial charge in [0.25, 0.3) is 0 Å². The number of hydrogen-bond donors (Lipinski definition) is 1. The molecule has 0 aliphatic carbocycles. The van der Waals surface area contributed by atoms with Crippen LogP contribution >= 0.6 is 0 Å². The average molecular weight is 324 g/mol. The zero-order valence-electron chi connectivity index (χ0n) is 13.4. The molecule has 1 N–H and O–H groups in total. The van der Waals surface area contributed by atoms with Crippen molar-refractivity contribution < 1.29 is 13.2 Å². The summed E-state index contributed by atoms with van der Waals surface area (Å²) in [4.78, 5) is 14.3. The molecule has 0 saturated carbocycles. The molecule has 1 aliphatic rings. The summed E-state index contributed by atoms with van der Waals surface area (Å²) in [5.74, 6) is -0.146. The predicted molar refractivity (Wildman–Crippen MR) is 86.1 cm³/mol. The number of piperidine rings is 1. The van der Waals surface area contributed by atoms with Gasteiger partial charge in [-0.05, 0) is 63.3 Å². The molecule has 1 fully saturated rings. The quantitative estimate of drug-likeness (QED) is 0.921. The first kappa shape index (κ1) is 17.0. The maximum Gasteiger partial charge on any atom is 0.241 e. The number of hydrogen-bond acceptors (Lipinski definition) is 3. The Balaban J connectivity index is 2.10. The number of benzene rings is 1. The molecular weight excluding hydrogens is 300 g/mol. The number of rotatable bonds is 4. The molecule has 1 aliphatic heterocycles. The van der Waals surface area contributed by atoms with E-state index in [9.17, 15) is 13.2 Å². The molecule has 122 valence electrons. The summed E-state index contributed by atoms with van der Waals surface area (Å²) in [7, 11) is -3.68. The predicted octanol–water partition coefficient (Wildman–Crippen LogP) is 1.98. The molecule has 0 radical (unpaired) electrons. The lowest BCUT2D eigenvalue weighted by Gasteiger charge is -2.29. The maximum absolute atomic E-state index is 12.4. The van der Waals surface area contributed by atoms with Crippen molar-refractivity contribution in [3.63, 3.8) is 0 Å². The van der Waals surface area contributed by atoms with Crippen LogP contribution in [-0.2, 0) is 14.8 Å². The Kier molecular flexibility index (Phi) is 5.24. The molecule has 1 aromatic carbocycles. The summed E-state index contributed by atoms with van der Waals surface area (Å²) in [6.45, 7) is 6.84. The summed E-state index contributed by atoms with van der Waals surface area (Å²) in [5, 5.41) is 0. The lowest BCUT2D eigenvalue weighted by atomic mass is 10.1. The van der Waals surface area contributed by atoms with Gasteiger partial charge in [0, 0.05) is 13.1 Å². The number of nitrogens with one attached hydrogen (secondary N) is 1. The van der Waals surface area contributed by atoms with Crippen molar-refractivity contribution in [2.45, 2.75) is 51.0 Å². The van der Waals surface area contributed by atoms with Gasteiger partial charge in [-0.25, -0.2) is 8.42 Å². The fraction of sp³-hybridized carbons (Fsp3) is 0.562. The zero-order valence-corrected chi connectivity index (χ0v) is 14.2. The fourth-order valence-electron chi connectivity index (χ4n) is 2.62. The number of sulfonamides is 1. The Labute approximate surface area is 132 Å². The van der Waals surface area contributed by atoms with Crippen LogP contribution in [0.1, 0.15) is 37.3 Å². The molecule has 0 aromatic heterocycles. The van der Waals surface area contributed by atoms with Gasteiger partial charge in [-0.2, -0.15) is 4.72 Å². The van der Waals surface area contributed by atoms with Crippen molar-refractivity contribution in [1.82, 2.24) is 9.62 Å². The van der Waals surface area contributed by atoms with E-state index >= 15 is 0 Å².